The van der Waals surface area contributed by atoms with E-state index in [-0.39, 0.29) is 0 Å². The Morgan fingerprint density at radius 1 is 1.43 bits per heavy atom. The van der Waals surface area contributed by atoms with Gasteiger partial charge in [-0.3, -0.25) is 0 Å². The van der Waals surface area contributed by atoms with Crippen molar-refractivity contribution >= 4 is 34.5 Å². The number of aryl methyl sites for hydroxylation is 1. The van der Waals surface area contributed by atoms with Crippen LogP contribution in [0.5, 0.6) is 0 Å². The molecule has 21 heavy (non-hydrogen) atoms. The molecule has 0 aliphatic heterocycles. The summed E-state index contributed by atoms with van der Waals surface area (Å²) in [7, 11) is 0. The zero-order valence-electron chi connectivity index (χ0n) is 12.6. The molecule has 1 aromatic carbocycles. The average Bonchev–Trinajstić information content (AvgIpc) is 2.68. The molecule has 2 aromatic rings. The molecule has 1 aromatic heterocycles. The molecule has 0 fully saturated rings. The van der Waals surface area contributed by atoms with E-state index in [0.29, 0.717) is 11.1 Å². The van der Waals surface area contributed by atoms with Crippen molar-refractivity contribution in [3.8, 4) is 0 Å². The fourth-order valence-electron chi connectivity index (χ4n) is 2.47. The lowest BCUT2D eigenvalue weighted by Crippen LogP contribution is -2.04. The highest BCUT2D eigenvalue weighted by Crippen LogP contribution is 2.32. The van der Waals surface area contributed by atoms with Crippen LogP contribution in [0.1, 0.15) is 31.9 Å². The van der Waals surface area contributed by atoms with Crippen LogP contribution in [0.2, 0.25) is 5.15 Å². The van der Waals surface area contributed by atoms with Crippen LogP contribution in [-0.4, -0.2) is 15.6 Å². The topological polar surface area (TPSA) is 42.2 Å². The second-order valence-corrected chi connectivity index (χ2v) is 5.94. The van der Waals surface area contributed by atoms with E-state index in [1.54, 1.807) is 6.08 Å². The summed E-state index contributed by atoms with van der Waals surface area (Å²) in [6.07, 6.45) is 3.66. The number of aromatic nitrogens is 1. The monoisotopic (exact) mass is 305 g/mol. The van der Waals surface area contributed by atoms with E-state index in [9.17, 15) is 4.79 Å². The SMILES string of the molecule is CCc1ccc2c(c1)c(/C=C/C(=O)O)c(Cl)n2CC(C)C. The van der Waals surface area contributed by atoms with E-state index < -0.39 is 5.97 Å². The molecule has 0 atom stereocenters. The average molecular weight is 306 g/mol. The summed E-state index contributed by atoms with van der Waals surface area (Å²) in [6.45, 7) is 7.17. The second kappa shape index (κ2) is 6.35. The van der Waals surface area contributed by atoms with E-state index in [4.69, 9.17) is 16.7 Å². The van der Waals surface area contributed by atoms with Crippen molar-refractivity contribution in [2.24, 2.45) is 5.92 Å². The van der Waals surface area contributed by atoms with Gasteiger partial charge in [0.15, 0.2) is 0 Å². The smallest absolute Gasteiger partial charge is 0.328 e. The molecule has 0 aliphatic rings. The lowest BCUT2D eigenvalue weighted by atomic mass is 10.1. The van der Waals surface area contributed by atoms with Crippen LogP contribution in [0.4, 0.5) is 0 Å². The van der Waals surface area contributed by atoms with Gasteiger partial charge in [0.25, 0.3) is 0 Å². The Balaban J connectivity index is 2.68. The number of carboxylic acid groups (broad SMARTS) is 1. The van der Waals surface area contributed by atoms with Crippen LogP contribution in [0.3, 0.4) is 0 Å². The van der Waals surface area contributed by atoms with E-state index in [1.165, 1.54) is 5.56 Å². The predicted octanol–water partition coefficient (Wildman–Crippen LogP) is 4.61. The number of nitrogens with zero attached hydrogens (tertiary/aromatic N) is 1. The third-order valence-corrected chi connectivity index (χ3v) is 3.86. The van der Waals surface area contributed by atoms with Gasteiger partial charge in [-0.15, -0.1) is 0 Å². The highest BCUT2D eigenvalue weighted by atomic mass is 35.5. The van der Waals surface area contributed by atoms with Crippen LogP contribution >= 0.6 is 11.6 Å². The van der Waals surface area contributed by atoms with Gasteiger partial charge in [0.05, 0.1) is 0 Å². The Bertz CT molecular complexity index is 698. The number of benzene rings is 1. The van der Waals surface area contributed by atoms with E-state index in [2.05, 4.69) is 43.5 Å². The third-order valence-electron chi connectivity index (χ3n) is 3.45. The van der Waals surface area contributed by atoms with E-state index in [1.807, 2.05) is 0 Å². The molecule has 0 spiro atoms. The van der Waals surface area contributed by atoms with Crippen molar-refractivity contribution in [1.82, 2.24) is 4.57 Å². The molecule has 0 amide bonds. The minimum absolute atomic E-state index is 0.459. The summed E-state index contributed by atoms with van der Waals surface area (Å²) in [5.41, 5.74) is 3.05. The molecule has 0 unspecified atom stereocenters. The normalized spacial score (nSPS) is 11.9. The molecule has 0 bridgehead atoms. The van der Waals surface area contributed by atoms with Gasteiger partial charge in [0.1, 0.15) is 5.15 Å². The molecule has 3 nitrogen and oxygen atoms in total. The fourth-order valence-corrected chi connectivity index (χ4v) is 2.80. The molecule has 0 aliphatic carbocycles. The van der Waals surface area contributed by atoms with Gasteiger partial charge in [-0.05, 0) is 36.1 Å². The fraction of sp³-hybridized carbons (Fsp3) is 0.353. The quantitative estimate of drug-likeness (QED) is 0.820. The summed E-state index contributed by atoms with van der Waals surface area (Å²) in [5.74, 6) is -0.511. The van der Waals surface area contributed by atoms with Crippen molar-refractivity contribution in [2.75, 3.05) is 0 Å². The first kappa shape index (κ1) is 15.6. The van der Waals surface area contributed by atoms with Gasteiger partial charge in [-0.25, -0.2) is 4.79 Å². The van der Waals surface area contributed by atoms with Gasteiger partial charge in [-0.2, -0.15) is 0 Å². The molecule has 0 saturated heterocycles. The largest absolute Gasteiger partial charge is 0.478 e. The molecule has 4 heteroatoms. The highest BCUT2D eigenvalue weighted by Gasteiger charge is 2.15. The van der Waals surface area contributed by atoms with Crippen molar-refractivity contribution in [3.05, 3.63) is 40.6 Å². The van der Waals surface area contributed by atoms with Crippen LogP contribution < -0.4 is 0 Å². The number of aliphatic carboxylic acids is 1. The summed E-state index contributed by atoms with van der Waals surface area (Å²) in [5, 5.41) is 10.5. The van der Waals surface area contributed by atoms with Gasteiger partial charge in [-0.1, -0.05) is 38.4 Å². The third kappa shape index (κ3) is 3.30. The highest BCUT2D eigenvalue weighted by molar-refractivity contribution is 6.33. The number of hydrogen-bond acceptors (Lipinski definition) is 1. The molecular formula is C17H20ClNO2. The summed E-state index contributed by atoms with van der Waals surface area (Å²) >= 11 is 6.49. The number of rotatable bonds is 5. The lowest BCUT2D eigenvalue weighted by molar-refractivity contribution is -0.131. The maximum absolute atomic E-state index is 10.8. The second-order valence-electron chi connectivity index (χ2n) is 5.59. The first-order chi connectivity index (χ1) is 9.93. The zero-order chi connectivity index (χ0) is 15.6. The van der Waals surface area contributed by atoms with Gasteiger partial charge in [0.2, 0.25) is 0 Å². The molecule has 0 radical (unpaired) electrons. The number of halogens is 1. The molecule has 1 N–H and O–H groups in total. The molecule has 112 valence electrons. The van der Waals surface area contributed by atoms with Gasteiger partial charge >= 0.3 is 5.97 Å². The van der Waals surface area contributed by atoms with Crippen LogP contribution in [0.15, 0.2) is 24.3 Å². The minimum atomic E-state index is -0.970. The van der Waals surface area contributed by atoms with Crippen LogP contribution in [0, 0.1) is 5.92 Å². The van der Waals surface area contributed by atoms with E-state index >= 15 is 0 Å². The lowest BCUT2D eigenvalue weighted by Gasteiger charge is -2.10. The number of fused-ring (bicyclic) bond motifs is 1. The Kier molecular flexibility index (Phi) is 4.73. The van der Waals surface area contributed by atoms with Crippen molar-refractivity contribution in [3.63, 3.8) is 0 Å². The van der Waals surface area contributed by atoms with Crippen molar-refractivity contribution < 1.29 is 9.90 Å². The number of carbonyl (C=O) groups is 1. The predicted molar refractivity (Wildman–Crippen MR) is 87.8 cm³/mol. The van der Waals surface area contributed by atoms with Crippen molar-refractivity contribution in [1.29, 1.82) is 0 Å². The molecular weight excluding hydrogens is 286 g/mol. The van der Waals surface area contributed by atoms with E-state index in [0.717, 1.165) is 35.5 Å². The maximum atomic E-state index is 10.8. The standard InChI is InChI=1S/C17H20ClNO2/c1-4-12-5-7-15-14(9-12)13(6-8-16(20)21)17(18)19(15)10-11(2)3/h5-9,11H,4,10H2,1-3H3,(H,20,21)/b8-6+. The van der Waals surface area contributed by atoms with Crippen LogP contribution in [-0.2, 0) is 17.8 Å². The van der Waals surface area contributed by atoms with Crippen molar-refractivity contribution in [2.45, 2.75) is 33.7 Å². The molecule has 0 saturated carbocycles. The maximum Gasteiger partial charge on any atom is 0.328 e. The zero-order valence-corrected chi connectivity index (χ0v) is 13.3. The Hall–Kier alpha value is -1.74. The summed E-state index contributed by atoms with van der Waals surface area (Å²) in [4.78, 5) is 10.8. The Morgan fingerprint density at radius 3 is 2.71 bits per heavy atom. The summed E-state index contributed by atoms with van der Waals surface area (Å²) < 4.78 is 2.06. The number of carboxylic acids is 1. The first-order valence-corrected chi connectivity index (χ1v) is 7.53. The Morgan fingerprint density at radius 2 is 2.14 bits per heavy atom. The Labute approximate surface area is 129 Å². The molecule has 2 rings (SSSR count). The minimum Gasteiger partial charge on any atom is -0.478 e. The number of hydrogen-bond donors (Lipinski definition) is 1. The molecule has 1 heterocycles. The van der Waals surface area contributed by atoms with Crippen LogP contribution in [0.25, 0.3) is 17.0 Å². The van der Waals surface area contributed by atoms with Gasteiger partial charge < -0.3 is 9.67 Å². The van der Waals surface area contributed by atoms with Gasteiger partial charge in [0, 0.05) is 29.1 Å². The summed E-state index contributed by atoms with van der Waals surface area (Å²) in [6, 6.07) is 6.26. The first-order valence-electron chi connectivity index (χ1n) is 7.15.